The summed E-state index contributed by atoms with van der Waals surface area (Å²) in [7, 11) is 0. The molecule has 4 nitrogen and oxygen atoms in total. The molecule has 0 spiro atoms. The molecule has 2 aromatic rings. The van der Waals surface area contributed by atoms with Crippen molar-refractivity contribution >= 4 is 11.6 Å². The third-order valence-corrected chi connectivity index (χ3v) is 2.74. The van der Waals surface area contributed by atoms with Crippen molar-refractivity contribution in [2.24, 2.45) is 0 Å². The summed E-state index contributed by atoms with van der Waals surface area (Å²) in [6.45, 7) is 1.80. The predicted molar refractivity (Wildman–Crippen MR) is 61.7 cm³/mol. The first-order chi connectivity index (χ1) is 7.59. The summed E-state index contributed by atoms with van der Waals surface area (Å²) >= 11 is 5.91. The number of nitrogens with one attached hydrogen (secondary N) is 1. The zero-order valence-electron chi connectivity index (χ0n) is 8.49. The minimum Gasteiger partial charge on any atom is -0.506 e. The van der Waals surface area contributed by atoms with Gasteiger partial charge in [0.05, 0.1) is 10.7 Å². The molecule has 0 saturated heterocycles. The van der Waals surface area contributed by atoms with E-state index in [9.17, 15) is 9.90 Å². The van der Waals surface area contributed by atoms with Crippen molar-refractivity contribution < 1.29 is 5.11 Å². The van der Waals surface area contributed by atoms with Gasteiger partial charge in [-0.05, 0) is 24.6 Å². The average molecular weight is 237 g/mol. The molecule has 82 valence electrons. The minimum absolute atomic E-state index is 0.0267. The summed E-state index contributed by atoms with van der Waals surface area (Å²) in [5, 5.41) is 16.3. The first kappa shape index (κ1) is 10.7. The topological polar surface area (TPSA) is 66.0 Å². The number of phenolic OH excluding ortho intramolecular Hbond substituents is 1. The van der Waals surface area contributed by atoms with E-state index in [4.69, 9.17) is 11.6 Å². The lowest BCUT2D eigenvalue weighted by molar-refractivity contribution is 0.477. The van der Waals surface area contributed by atoms with Crippen LogP contribution in [0.15, 0.2) is 29.1 Å². The Balaban J connectivity index is 2.61. The Morgan fingerprint density at radius 1 is 1.31 bits per heavy atom. The van der Waals surface area contributed by atoms with Crippen LogP contribution in [0.4, 0.5) is 0 Å². The molecule has 5 heteroatoms. The van der Waals surface area contributed by atoms with Crippen LogP contribution >= 0.6 is 11.6 Å². The summed E-state index contributed by atoms with van der Waals surface area (Å²) < 4.78 is 0. The van der Waals surface area contributed by atoms with Crippen LogP contribution in [0.25, 0.3) is 11.3 Å². The van der Waals surface area contributed by atoms with Crippen molar-refractivity contribution in [3.8, 4) is 17.0 Å². The third kappa shape index (κ3) is 1.79. The van der Waals surface area contributed by atoms with Crippen LogP contribution in [0.5, 0.6) is 5.75 Å². The van der Waals surface area contributed by atoms with E-state index in [2.05, 4.69) is 10.2 Å². The fourth-order valence-corrected chi connectivity index (χ4v) is 1.53. The molecular formula is C11H9ClN2O2. The van der Waals surface area contributed by atoms with Gasteiger partial charge in [-0.15, -0.1) is 0 Å². The molecule has 0 atom stereocenters. The van der Waals surface area contributed by atoms with Gasteiger partial charge in [-0.2, -0.15) is 5.10 Å². The number of rotatable bonds is 1. The molecule has 1 aromatic carbocycles. The normalized spacial score (nSPS) is 10.4. The SMILES string of the molecule is Cc1ccc(-c2ccc(=O)[nH]n2)c(O)c1Cl. The fraction of sp³-hybridized carbons (Fsp3) is 0.0909. The fourth-order valence-electron chi connectivity index (χ4n) is 1.37. The van der Waals surface area contributed by atoms with Crippen molar-refractivity contribution in [3.05, 3.63) is 45.2 Å². The van der Waals surface area contributed by atoms with Gasteiger partial charge in [0.15, 0.2) is 0 Å². The molecule has 0 aliphatic rings. The first-order valence-corrected chi connectivity index (χ1v) is 5.01. The number of nitrogens with zero attached hydrogens (tertiary/aromatic N) is 1. The van der Waals surface area contributed by atoms with Crippen LogP contribution in [0.1, 0.15) is 5.56 Å². The molecule has 0 bridgehead atoms. The van der Waals surface area contributed by atoms with E-state index < -0.39 is 0 Å². The van der Waals surface area contributed by atoms with Crippen LogP contribution in [0.2, 0.25) is 5.02 Å². The number of aromatic amines is 1. The molecule has 0 unspecified atom stereocenters. The predicted octanol–water partition coefficient (Wildman–Crippen LogP) is 2.10. The molecule has 1 heterocycles. The number of aromatic nitrogens is 2. The highest BCUT2D eigenvalue weighted by molar-refractivity contribution is 6.33. The zero-order valence-corrected chi connectivity index (χ0v) is 9.25. The van der Waals surface area contributed by atoms with E-state index >= 15 is 0 Å². The molecular weight excluding hydrogens is 228 g/mol. The molecule has 0 aliphatic carbocycles. The highest BCUT2D eigenvalue weighted by Crippen LogP contribution is 2.35. The van der Waals surface area contributed by atoms with E-state index in [-0.39, 0.29) is 11.3 Å². The Kier molecular flexibility index (Phi) is 2.66. The molecule has 0 saturated carbocycles. The second kappa shape index (κ2) is 3.98. The average Bonchev–Trinajstić information content (AvgIpc) is 2.28. The van der Waals surface area contributed by atoms with Crippen LogP contribution in [-0.2, 0) is 0 Å². The van der Waals surface area contributed by atoms with Crippen LogP contribution < -0.4 is 5.56 Å². The molecule has 0 amide bonds. The third-order valence-electron chi connectivity index (χ3n) is 2.26. The standard InChI is InChI=1S/C11H9ClN2O2/c1-6-2-3-7(11(16)10(6)12)8-4-5-9(15)14-13-8/h2-5,16H,1H3,(H,14,15). The van der Waals surface area contributed by atoms with Gasteiger partial charge in [0, 0.05) is 11.6 Å². The monoisotopic (exact) mass is 236 g/mol. The Labute approximate surface area is 96.5 Å². The number of benzene rings is 1. The number of hydrogen-bond acceptors (Lipinski definition) is 3. The van der Waals surface area contributed by atoms with Crippen molar-refractivity contribution in [3.63, 3.8) is 0 Å². The van der Waals surface area contributed by atoms with Gasteiger partial charge in [0.2, 0.25) is 0 Å². The molecule has 0 radical (unpaired) electrons. The molecule has 0 fully saturated rings. The number of H-pyrrole nitrogens is 1. The zero-order chi connectivity index (χ0) is 11.7. The van der Waals surface area contributed by atoms with Gasteiger partial charge in [-0.1, -0.05) is 17.7 Å². The van der Waals surface area contributed by atoms with Gasteiger partial charge in [-0.25, -0.2) is 5.10 Å². The van der Waals surface area contributed by atoms with E-state index in [1.807, 2.05) is 0 Å². The molecule has 1 aromatic heterocycles. The minimum atomic E-state index is -0.290. The lowest BCUT2D eigenvalue weighted by Crippen LogP contribution is -2.05. The summed E-state index contributed by atoms with van der Waals surface area (Å²) in [4.78, 5) is 10.9. The highest BCUT2D eigenvalue weighted by Gasteiger charge is 2.11. The first-order valence-electron chi connectivity index (χ1n) is 4.64. The lowest BCUT2D eigenvalue weighted by atomic mass is 10.1. The van der Waals surface area contributed by atoms with Crippen LogP contribution in [-0.4, -0.2) is 15.3 Å². The van der Waals surface area contributed by atoms with Crippen LogP contribution in [0.3, 0.4) is 0 Å². The number of aromatic hydroxyl groups is 1. The largest absolute Gasteiger partial charge is 0.506 e. The smallest absolute Gasteiger partial charge is 0.264 e. The van der Waals surface area contributed by atoms with Crippen molar-refractivity contribution in [2.75, 3.05) is 0 Å². The van der Waals surface area contributed by atoms with Crippen molar-refractivity contribution in [2.45, 2.75) is 6.92 Å². The van der Waals surface area contributed by atoms with Crippen molar-refractivity contribution in [1.82, 2.24) is 10.2 Å². The summed E-state index contributed by atoms with van der Waals surface area (Å²) in [5.41, 5.74) is 1.46. The molecule has 2 N–H and O–H groups in total. The summed E-state index contributed by atoms with van der Waals surface area (Å²) in [6, 6.07) is 6.36. The second-order valence-electron chi connectivity index (χ2n) is 3.40. The van der Waals surface area contributed by atoms with E-state index in [0.717, 1.165) is 5.56 Å². The van der Waals surface area contributed by atoms with Gasteiger partial charge < -0.3 is 5.11 Å². The van der Waals surface area contributed by atoms with E-state index in [1.54, 1.807) is 19.1 Å². The number of halogens is 1. The Hall–Kier alpha value is -1.81. The maximum Gasteiger partial charge on any atom is 0.264 e. The molecule has 16 heavy (non-hydrogen) atoms. The van der Waals surface area contributed by atoms with Crippen molar-refractivity contribution in [1.29, 1.82) is 0 Å². The Bertz CT molecular complexity index is 573. The van der Waals surface area contributed by atoms with E-state index in [1.165, 1.54) is 12.1 Å². The number of aryl methyl sites for hydroxylation is 1. The Morgan fingerprint density at radius 2 is 2.06 bits per heavy atom. The summed E-state index contributed by atoms with van der Waals surface area (Å²) in [6.07, 6.45) is 0. The number of phenols is 1. The molecule has 2 rings (SSSR count). The highest BCUT2D eigenvalue weighted by atomic mass is 35.5. The van der Waals surface area contributed by atoms with Gasteiger partial charge >= 0.3 is 0 Å². The second-order valence-corrected chi connectivity index (χ2v) is 3.78. The van der Waals surface area contributed by atoms with Gasteiger partial charge in [0.25, 0.3) is 5.56 Å². The van der Waals surface area contributed by atoms with Gasteiger partial charge in [-0.3, -0.25) is 4.79 Å². The lowest BCUT2D eigenvalue weighted by Gasteiger charge is -2.06. The Morgan fingerprint density at radius 3 is 2.69 bits per heavy atom. The van der Waals surface area contributed by atoms with Crippen LogP contribution in [0, 0.1) is 6.92 Å². The quantitative estimate of drug-likeness (QED) is 0.797. The van der Waals surface area contributed by atoms with Gasteiger partial charge in [0.1, 0.15) is 5.75 Å². The maximum absolute atomic E-state index is 10.9. The molecule has 0 aliphatic heterocycles. The summed E-state index contributed by atoms with van der Waals surface area (Å²) in [5.74, 6) is -0.0267. The number of hydrogen-bond donors (Lipinski definition) is 2. The van der Waals surface area contributed by atoms with E-state index in [0.29, 0.717) is 16.3 Å². The maximum atomic E-state index is 10.9.